The van der Waals surface area contributed by atoms with E-state index in [1.165, 1.54) is 10.9 Å². The normalized spacial score (nSPS) is 21.8. The van der Waals surface area contributed by atoms with E-state index in [0.29, 0.717) is 24.1 Å². The number of ether oxygens (including phenoxy) is 1. The number of carbonyl (C=O) groups excluding carboxylic acids is 1. The number of hydrogen-bond donors (Lipinski definition) is 1. The largest absolute Gasteiger partial charge is 0.497 e. The van der Waals surface area contributed by atoms with Crippen LogP contribution < -0.4 is 10.3 Å². The second-order valence-electron chi connectivity index (χ2n) is 11.6. The van der Waals surface area contributed by atoms with Gasteiger partial charge in [0.05, 0.1) is 24.6 Å². The summed E-state index contributed by atoms with van der Waals surface area (Å²) in [5.41, 5.74) is 0.648. The van der Waals surface area contributed by atoms with E-state index >= 15 is 0 Å². The lowest BCUT2D eigenvalue weighted by Gasteiger charge is -2.42. The van der Waals surface area contributed by atoms with Gasteiger partial charge in [-0.25, -0.2) is 13.8 Å². The van der Waals surface area contributed by atoms with Crippen LogP contribution in [0.4, 0.5) is 8.78 Å². The lowest BCUT2D eigenvalue weighted by atomic mass is 9.73. The number of rotatable bonds is 6. The van der Waals surface area contributed by atoms with Gasteiger partial charge in [-0.3, -0.25) is 14.2 Å². The highest BCUT2D eigenvalue weighted by molar-refractivity contribution is 5.80. The van der Waals surface area contributed by atoms with Crippen LogP contribution in [-0.2, 0) is 11.3 Å². The molecule has 42 heavy (non-hydrogen) atoms. The molecule has 6 rings (SSSR count). The van der Waals surface area contributed by atoms with Crippen LogP contribution in [0.2, 0.25) is 0 Å². The van der Waals surface area contributed by atoms with Gasteiger partial charge in [0.25, 0.3) is 5.56 Å². The minimum Gasteiger partial charge on any atom is -0.497 e. The summed E-state index contributed by atoms with van der Waals surface area (Å²) in [6.07, 6.45) is 3.26. The summed E-state index contributed by atoms with van der Waals surface area (Å²) in [7, 11) is 1.60. The van der Waals surface area contributed by atoms with E-state index < -0.39 is 23.4 Å². The molecule has 10 heteroatoms. The Morgan fingerprint density at radius 1 is 1.05 bits per heavy atom. The first-order valence-corrected chi connectivity index (χ1v) is 14.3. The molecule has 220 valence electrons. The molecule has 1 N–H and O–H groups in total. The van der Waals surface area contributed by atoms with Crippen molar-refractivity contribution in [2.24, 2.45) is 5.92 Å². The Hall–Kier alpha value is -4.05. The Kier molecular flexibility index (Phi) is 7.34. The molecule has 1 saturated heterocycles. The highest BCUT2D eigenvalue weighted by atomic mass is 19.3. The topological polar surface area (TPSA) is 89.6 Å². The minimum atomic E-state index is -2.79. The van der Waals surface area contributed by atoms with E-state index in [2.05, 4.69) is 4.98 Å². The van der Waals surface area contributed by atoms with E-state index in [9.17, 15) is 23.5 Å². The van der Waals surface area contributed by atoms with Crippen molar-refractivity contribution >= 4 is 16.9 Å². The molecular weight excluding hydrogens is 542 g/mol. The molecule has 2 atom stereocenters. The van der Waals surface area contributed by atoms with Crippen LogP contribution in [0.15, 0.2) is 78.0 Å². The molecular formula is C32H34F2N4O4. The van der Waals surface area contributed by atoms with E-state index in [4.69, 9.17) is 4.74 Å². The molecule has 1 saturated carbocycles. The van der Waals surface area contributed by atoms with Gasteiger partial charge >= 0.3 is 0 Å². The Bertz CT molecular complexity index is 1630. The summed E-state index contributed by atoms with van der Waals surface area (Å²) in [6, 6.07) is 18.2. The van der Waals surface area contributed by atoms with Crippen LogP contribution >= 0.6 is 0 Å². The van der Waals surface area contributed by atoms with Crippen molar-refractivity contribution in [3.05, 3.63) is 89.1 Å². The number of fused-ring (bicyclic) bond motifs is 1. The molecule has 0 radical (unpaired) electrons. The third kappa shape index (κ3) is 5.43. The van der Waals surface area contributed by atoms with Gasteiger partial charge in [-0.15, -0.1) is 0 Å². The number of aliphatic hydroxyl groups is 1. The van der Waals surface area contributed by atoms with Crippen LogP contribution in [0.3, 0.4) is 0 Å². The fourth-order valence-corrected chi connectivity index (χ4v) is 6.45. The van der Waals surface area contributed by atoms with Crippen molar-refractivity contribution in [1.82, 2.24) is 19.0 Å². The standard InChI is InChI=1S/C32H34F2N4O4/c1-42-24-9-7-23(8-10-24)38-16-12-26-28(38)35-21-37(30(26)40)20-31(41)14-17-36(18-15-31)29(39)25-11-13-32(33,34)19-27(25)22-5-3-2-4-6-22/h2-10,12,16,21,25,27,41H,11,13-15,17-20H2,1H3/t25-,27+/m0/s1. The molecule has 1 aliphatic heterocycles. The maximum Gasteiger partial charge on any atom is 0.262 e. The van der Waals surface area contributed by atoms with E-state index in [-0.39, 0.29) is 50.1 Å². The molecule has 2 aromatic heterocycles. The summed E-state index contributed by atoms with van der Waals surface area (Å²) < 4.78 is 37.2. The number of halogens is 2. The zero-order valence-corrected chi connectivity index (χ0v) is 23.5. The average Bonchev–Trinajstić information content (AvgIpc) is 3.44. The molecule has 2 fully saturated rings. The predicted octanol–water partition coefficient (Wildman–Crippen LogP) is 4.77. The van der Waals surface area contributed by atoms with E-state index in [1.807, 2.05) is 59.2 Å². The van der Waals surface area contributed by atoms with E-state index in [0.717, 1.165) is 17.0 Å². The number of methoxy groups -OCH3 is 1. The van der Waals surface area contributed by atoms with Gasteiger partial charge in [-0.2, -0.15) is 0 Å². The number of benzene rings is 2. The predicted molar refractivity (Wildman–Crippen MR) is 154 cm³/mol. The molecule has 8 nitrogen and oxygen atoms in total. The first-order valence-electron chi connectivity index (χ1n) is 14.3. The van der Waals surface area contributed by atoms with Crippen LogP contribution in [-0.4, -0.2) is 61.8 Å². The second kappa shape index (κ2) is 11.0. The van der Waals surface area contributed by atoms with Gasteiger partial charge in [-0.1, -0.05) is 30.3 Å². The van der Waals surface area contributed by atoms with Crippen LogP contribution in [0.5, 0.6) is 5.75 Å². The monoisotopic (exact) mass is 576 g/mol. The molecule has 2 aliphatic rings. The minimum absolute atomic E-state index is 0.0484. The molecule has 1 amide bonds. The number of nitrogens with zero attached hydrogens (tertiary/aromatic N) is 4. The number of piperidine rings is 1. The van der Waals surface area contributed by atoms with Gasteiger partial charge < -0.3 is 19.3 Å². The Balaban J connectivity index is 1.15. The molecule has 3 heterocycles. The van der Waals surface area contributed by atoms with Gasteiger partial charge in [0.2, 0.25) is 11.8 Å². The van der Waals surface area contributed by atoms with Gasteiger partial charge in [0, 0.05) is 49.7 Å². The van der Waals surface area contributed by atoms with Crippen LogP contribution in [0.1, 0.15) is 43.6 Å². The number of carbonyl (C=O) groups is 1. The van der Waals surface area contributed by atoms with Crippen molar-refractivity contribution in [3.8, 4) is 11.4 Å². The molecule has 2 aromatic carbocycles. The van der Waals surface area contributed by atoms with Crippen LogP contribution in [0.25, 0.3) is 16.7 Å². The first-order chi connectivity index (χ1) is 20.2. The summed E-state index contributed by atoms with van der Waals surface area (Å²) in [4.78, 5) is 33.2. The molecule has 0 unspecified atom stereocenters. The number of hydrogen-bond acceptors (Lipinski definition) is 5. The maximum atomic E-state index is 14.4. The van der Waals surface area contributed by atoms with Crippen molar-refractivity contribution in [3.63, 3.8) is 0 Å². The summed E-state index contributed by atoms with van der Waals surface area (Å²) in [6.45, 7) is 0.636. The molecule has 1 aliphatic carbocycles. The van der Waals surface area contributed by atoms with Gasteiger partial charge in [0.15, 0.2) is 5.65 Å². The molecule has 4 aromatic rings. The second-order valence-corrected chi connectivity index (χ2v) is 11.6. The lowest BCUT2D eigenvalue weighted by Crippen LogP contribution is -2.52. The fourth-order valence-electron chi connectivity index (χ4n) is 6.45. The van der Waals surface area contributed by atoms with E-state index in [1.54, 1.807) is 24.3 Å². The zero-order chi connectivity index (χ0) is 29.5. The first kappa shape index (κ1) is 28.1. The molecule has 0 spiro atoms. The number of aromatic nitrogens is 3. The highest BCUT2D eigenvalue weighted by Gasteiger charge is 2.46. The molecule has 0 bridgehead atoms. The van der Waals surface area contributed by atoms with Crippen molar-refractivity contribution < 1.29 is 23.4 Å². The SMILES string of the molecule is COc1ccc(-n2ccc3c(=O)n(CC4(O)CCN(C(=O)[C@H]5CCC(F)(F)C[C@@H]5c5ccccc5)CC4)cnc32)cc1. The summed E-state index contributed by atoms with van der Waals surface area (Å²) in [5.74, 6) is -3.28. The average molecular weight is 577 g/mol. The maximum absolute atomic E-state index is 14.4. The van der Waals surface area contributed by atoms with Gasteiger partial charge in [-0.05, 0) is 55.2 Å². The highest BCUT2D eigenvalue weighted by Crippen LogP contribution is 2.46. The summed E-state index contributed by atoms with van der Waals surface area (Å²) in [5, 5.41) is 11.9. The lowest BCUT2D eigenvalue weighted by molar-refractivity contribution is -0.145. The fraction of sp³-hybridized carbons (Fsp3) is 0.406. The smallest absolute Gasteiger partial charge is 0.262 e. The third-order valence-corrected chi connectivity index (χ3v) is 8.86. The van der Waals surface area contributed by atoms with Gasteiger partial charge in [0.1, 0.15) is 12.1 Å². The number of amides is 1. The summed E-state index contributed by atoms with van der Waals surface area (Å²) >= 11 is 0. The third-order valence-electron chi connectivity index (χ3n) is 8.86. The Morgan fingerprint density at radius 3 is 2.45 bits per heavy atom. The Morgan fingerprint density at radius 2 is 1.76 bits per heavy atom. The van der Waals surface area contributed by atoms with Crippen molar-refractivity contribution in [1.29, 1.82) is 0 Å². The van der Waals surface area contributed by atoms with Crippen molar-refractivity contribution in [2.75, 3.05) is 20.2 Å². The number of likely N-dealkylation sites (tertiary alicyclic amines) is 1. The number of alkyl halides is 2. The zero-order valence-electron chi connectivity index (χ0n) is 23.5. The van der Waals surface area contributed by atoms with Crippen molar-refractivity contribution in [2.45, 2.75) is 56.1 Å². The Labute approximate surface area is 242 Å². The van der Waals surface area contributed by atoms with Crippen LogP contribution in [0, 0.1) is 5.92 Å². The quantitative estimate of drug-likeness (QED) is 0.357.